The molecule has 5 nitrogen and oxygen atoms in total. The Hall–Kier alpha value is -0.910. The third-order valence-corrected chi connectivity index (χ3v) is 13.4. The maximum absolute atomic E-state index is 12.8. The third-order valence-electron chi connectivity index (χ3n) is 13.4. The number of aliphatic carboxylic acids is 1. The molecule has 0 spiro atoms. The Bertz CT molecular complexity index is 941. The van der Waals surface area contributed by atoms with Crippen molar-refractivity contribution in [3.8, 4) is 0 Å². The fourth-order valence-electron chi connectivity index (χ4n) is 10.9. The van der Waals surface area contributed by atoms with Crippen LogP contribution in [0.2, 0.25) is 0 Å². The topological polar surface area (TPSA) is 98.0 Å². The lowest BCUT2D eigenvalue weighted by Crippen LogP contribution is -2.71. The van der Waals surface area contributed by atoms with Crippen LogP contribution in [-0.4, -0.2) is 44.7 Å². The molecule has 0 aliphatic heterocycles. The van der Waals surface area contributed by atoms with E-state index in [4.69, 9.17) is 0 Å². The first-order valence-electron chi connectivity index (χ1n) is 14.1. The molecule has 5 rings (SSSR count). The maximum Gasteiger partial charge on any atom is 0.310 e. The lowest BCUT2D eigenvalue weighted by atomic mass is 9.32. The molecule has 0 heterocycles. The Morgan fingerprint density at radius 3 is 2.20 bits per heavy atom. The van der Waals surface area contributed by atoms with E-state index < -0.39 is 35.1 Å². The van der Waals surface area contributed by atoms with Gasteiger partial charge in [0.25, 0.3) is 0 Å². The van der Waals surface area contributed by atoms with Crippen LogP contribution in [0.25, 0.3) is 0 Å². The standard InChI is InChI=1S/C30H48O5/c1-16-8-11-30(25(34)35)13-12-28(6)18(23(30)17(16)2)14-19(31)24-27(5)10-9-21(32)26(3,4)20(27)15-22(33)29(24,28)7/h14,16-17,19-24,31-33H,8-13,15H2,1-7H3,(H,34,35)/t16-,17+,19+,20+,21+,22-,23+,24?,27+,28-,29-,30+/m1/s1. The molecule has 5 heteroatoms. The second-order valence-corrected chi connectivity index (χ2v) is 14.7. The zero-order valence-electron chi connectivity index (χ0n) is 22.8. The Morgan fingerprint density at radius 2 is 1.57 bits per heavy atom. The Morgan fingerprint density at radius 1 is 0.914 bits per heavy atom. The highest BCUT2D eigenvalue weighted by atomic mass is 16.4. The summed E-state index contributed by atoms with van der Waals surface area (Å²) in [5.41, 5.74) is -1.16. The summed E-state index contributed by atoms with van der Waals surface area (Å²) < 4.78 is 0. The van der Waals surface area contributed by atoms with Crippen LogP contribution in [-0.2, 0) is 4.79 Å². The highest BCUT2D eigenvalue weighted by Gasteiger charge is 2.73. The molecule has 0 bridgehead atoms. The molecule has 0 saturated heterocycles. The highest BCUT2D eigenvalue weighted by Crippen LogP contribution is 2.75. The smallest absolute Gasteiger partial charge is 0.310 e. The van der Waals surface area contributed by atoms with Gasteiger partial charge in [-0.05, 0) is 84.9 Å². The molecule has 0 radical (unpaired) electrons. The van der Waals surface area contributed by atoms with Crippen molar-refractivity contribution in [1.29, 1.82) is 0 Å². The van der Waals surface area contributed by atoms with Crippen molar-refractivity contribution in [2.45, 2.75) is 112 Å². The summed E-state index contributed by atoms with van der Waals surface area (Å²) in [4.78, 5) is 12.8. The van der Waals surface area contributed by atoms with Gasteiger partial charge < -0.3 is 20.4 Å². The van der Waals surface area contributed by atoms with Crippen LogP contribution in [0, 0.1) is 56.7 Å². The van der Waals surface area contributed by atoms with Gasteiger partial charge in [-0.3, -0.25) is 4.79 Å². The predicted molar refractivity (Wildman–Crippen MR) is 135 cm³/mol. The summed E-state index contributed by atoms with van der Waals surface area (Å²) in [6.45, 7) is 15.5. The van der Waals surface area contributed by atoms with Gasteiger partial charge in [-0.2, -0.15) is 0 Å². The Labute approximate surface area is 211 Å². The highest BCUT2D eigenvalue weighted by molar-refractivity contribution is 5.76. The van der Waals surface area contributed by atoms with Gasteiger partial charge in [-0.1, -0.05) is 60.1 Å². The minimum Gasteiger partial charge on any atom is -0.481 e. The van der Waals surface area contributed by atoms with Crippen LogP contribution in [0.15, 0.2) is 11.6 Å². The summed E-state index contributed by atoms with van der Waals surface area (Å²) in [6, 6.07) is 0. The molecule has 198 valence electrons. The molecule has 0 amide bonds. The maximum atomic E-state index is 12.8. The molecule has 0 aromatic carbocycles. The van der Waals surface area contributed by atoms with Crippen LogP contribution >= 0.6 is 0 Å². The van der Waals surface area contributed by atoms with Gasteiger partial charge in [-0.25, -0.2) is 0 Å². The van der Waals surface area contributed by atoms with Crippen molar-refractivity contribution in [2.75, 3.05) is 0 Å². The molecular formula is C30H48O5. The van der Waals surface area contributed by atoms with Crippen LogP contribution in [0.1, 0.15) is 93.4 Å². The van der Waals surface area contributed by atoms with Crippen LogP contribution in [0.5, 0.6) is 0 Å². The van der Waals surface area contributed by atoms with E-state index >= 15 is 0 Å². The number of fused-ring (bicyclic) bond motifs is 7. The molecule has 4 saturated carbocycles. The van der Waals surface area contributed by atoms with Crippen molar-refractivity contribution < 1.29 is 25.2 Å². The number of aliphatic hydroxyl groups is 3. The van der Waals surface area contributed by atoms with Gasteiger partial charge in [0.15, 0.2) is 0 Å². The molecule has 35 heavy (non-hydrogen) atoms. The molecule has 1 unspecified atom stereocenters. The fraction of sp³-hybridized carbons (Fsp3) is 0.900. The van der Waals surface area contributed by atoms with Crippen LogP contribution in [0.3, 0.4) is 0 Å². The quantitative estimate of drug-likeness (QED) is 0.388. The van der Waals surface area contributed by atoms with Crippen molar-refractivity contribution in [3.05, 3.63) is 11.6 Å². The number of hydrogen-bond donors (Lipinski definition) is 4. The van der Waals surface area contributed by atoms with Gasteiger partial charge >= 0.3 is 5.97 Å². The van der Waals surface area contributed by atoms with Crippen molar-refractivity contribution in [3.63, 3.8) is 0 Å². The van der Waals surface area contributed by atoms with Gasteiger partial charge in [0.2, 0.25) is 0 Å². The number of aliphatic hydroxyl groups excluding tert-OH is 3. The Balaban J connectivity index is 1.69. The Kier molecular flexibility index (Phi) is 5.56. The molecule has 4 fully saturated rings. The minimum absolute atomic E-state index is 0.107. The SMILES string of the molecule is C[C@H]1[C@H](C)CC[C@]2(C(=O)O)CC[C@]3(C)C(=C[C@H](O)C4[C@@]3(C)[C@H](O)C[C@H]3C(C)(C)[C@@H](O)CC[C@]43C)[C@H]12. The van der Waals surface area contributed by atoms with Crippen molar-refractivity contribution in [2.24, 2.45) is 56.7 Å². The zero-order chi connectivity index (χ0) is 25.9. The first-order chi connectivity index (χ1) is 16.1. The van der Waals surface area contributed by atoms with E-state index in [0.717, 1.165) is 24.8 Å². The number of allylic oxidation sites excluding steroid dienone is 1. The number of hydrogen-bond acceptors (Lipinski definition) is 4. The average Bonchev–Trinajstić information content (AvgIpc) is 2.77. The molecular weight excluding hydrogens is 440 g/mol. The monoisotopic (exact) mass is 488 g/mol. The van der Waals surface area contributed by atoms with E-state index in [2.05, 4.69) is 54.5 Å². The molecule has 0 aromatic rings. The first kappa shape index (κ1) is 25.7. The lowest BCUT2D eigenvalue weighted by molar-refractivity contribution is -0.263. The number of carboxylic acids is 1. The largest absolute Gasteiger partial charge is 0.481 e. The summed E-state index contributed by atoms with van der Waals surface area (Å²) in [7, 11) is 0. The number of rotatable bonds is 1. The van der Waals surface area contributed by atoms with Gasteiger partial charge in [-0.15, -0.1) is 0 Å². The first-order valence-corrected chi connectivity index (χ1v) is 14.1. The van der Waals surface area contributed by atoms with Gasteiger partial charge in [0.1, 0.15) is 0 Å². The van der Waals surface area contributed by atoms with E-state index in [1.54, 1.807) is 0 Å². The molecule has 0 aromatic heterocycles. The molecule has 5 aliphatic rings. The van der Waals surface area contributed by atoms with Crippen LogP contribution in [0.4, 0.5) is 0 Å². The van der Waals surface area contributed by atoms with E-state index in [1.807, 2.05) is 0 Å². The van der Waals surface area contributed by atoms with E-state index in [1.165, 1.54) is 0 Å². The van der Waals surface area contributed by atoms with Gasteiger partial charge in [0, 0.05) is 11.3 Å². The predicted octanol–water partition coefficient (Wildman–Crippen LogP) is 5.03. The number of carboxylic acid groups (broad SMARTS) is 1. The average molecular weight is 489 g/mol. The van der Waals surface area contributed by atoms with E-state index in [0.29, 0.717) is 31.6 Å². The van der Waals surface area contributed by atoms with Gasteiger partial charge in [0.05, 0.1) is 23.7 Å². The molecule has 4 N–H and O–H groups in total. The second kappa shape index (κ2) is 7.57. The normalized spacial score (nSPS) is 57.1. The second-order valence-electron chi connectivity index (χ2n) is 14.7. The summed E-state index contributed by atoms with van der Waals surface area (Å²) in [5, 5.41) is 45.4. The number of carbonyl (C=O) groups is 1. The summed E-state index contributed by atoms with van der Waals surface area (Å²) in [5.74, 6) is -0.195. The van der Waals surface area contributed by atoms with E-state index in [-0.39, 0.29) is 39.9 Å². The molecule has 5 aliphatic carbocycles. The van der Waals surface area contributed by atoms with Crippen LogP contribution < -0.4 is 0 Å². The van der Waals surface area contributed by atoms with Crippen molar-refractivity contribution in [1.82, 2.24) is 0 Å². The summed E-state index contributed by atoms with van der Waals surface area (Å²) in [6.07, 6.45) is 5.44. The fourth-order valence-corrected chi connectivity index (χ4v) is 10.9. The minimum atomic E-state index is -0.775. The zero-order valence-corrected chi connectivity index (χ0v) is 22.8. The third kappa shape index (κ3) is 2.90. The molecule has 12 atom stereocenters. The lowest BCUT2D eigenvalue weighted by Gasteiger charge is -2.73. The van der Waals surface area contributed by atoms with E-state index in [9.17, 15) is 25.2 Å². The summed E-state index contributed by atoms with van der Waals surface area (Å²) >= 11 is 0. The van der Waals surface area contributed by atoms with Crippen molar-refractivity contribution >= 4 is 5.97 Å².